The largest absolute Gasteiger partial charge is 0.309 e. The van der Waals surface area contributed by atoms with Gasteiger partial charge < -0.3 is 4.57 Å². The van der Waals surface area contributed by atoms with E-state index >= 15 is 0 Å². The van der Waals surface area contributed by atoms with Crippen molar-refractivity contribution in [1.82, 2.24) is 14.5 Å². The molecule has 0 fully saturated rings. The van der Waals surface area contributed by atoms with Crippen LogP contribution in [0, 0.1) is 0 Å². The minimum atomic E-state index is 0.743. The van der Waals surface area contributed by atoms with Gasteiger partial charge in [-0.1, -0.05) is 109 Å². The van der Waals surface area contributed by atoms with Crippen molar-refractivity contribution in [2.45, 2.75) is 0 Å². The average Bonchev–Trinajstić information content (AvgIpc) is 3.87. The zero-order valence-corrected chi connectivity index (χ0v) is 28.9. The quantitative estimate of drug-likeness (QED) is 0.185. The number of benzene rings is 7. The van der Waals surface area contributed by atoms with Crippen LogP contribution in [0.1, 0.15) is 0 Å². The standard InChI is InChI=1S/C46H27N3S2/c1-3-13-28(14-4-1)43-45-44(34-19-9-12-22-40(34)51-45)48-46(47-43)30-26-35(42-33-18-8-11-21-39(33)50-41(42)27-30)29-23-24-38-36(25-29)32-17-7-10-20-37(32)49(38)31-15-5-2-6-16-31/h1-27H. The van der Waals surface area contributed by atoms with Crippen molar-refractivity contribution in [3.63, 3.8) is 0 Å². The first kappa shape index (κ1) is 28.7. The molecule has 0 bridgehead atoms. The van der Waals surface area contributed by atoms with Gasteiger partial charge >= 0.3 is 0 Å². The van der Waals surface area contributed by atoms with E-state index in [9.17, 15) is 0 Å². The smallest absolute Gasteiger partial charge is 0.160 e. The molecule has 0 aliphatic rings. The summed E-state index contributed by atoms with van der Waals surface area (Å²) in [4.78, 5) is 10.7. The van der Waals surface area contributed by atoms with E-state index in [0.717, 1.165) is 38.5 Å². The molecule has 11 aromatic rings. The van der Waals surface area contributed by atoms with Gasteiger partial charge in [0.25, 0.3) is 0 Å². The van der Waals surface area contributed by atoms with Gasteiger partial charge in [-0.2, -0.15) is 0 Å². The maximum Gasteiger partial charge on any atom is 0.160 e. The molecule has 0 amide bonds. The van der Waals surface area contributed by atoms with Crippen LogP contribution in [0.25, 0.3) is 102 Å². The van der Waals surface area contributed by atoms with E-state index in [-0.39, 0.29) is 0 Å². The molecule has 3 nitrogen and oxygen atoms in total. The number of aromatic nitrogens is 3. The van der Waals surface area contributed by atoms with Gasteiger partial charge in [-0.05, 0) is 65.7 Å². The van der Waals surface area contributed by atoms with Gasteiger partial charge in [-0.3, -0.25) is 0 Å². The molecular weight excluding hydrogens is 659 g/mol. The number of hydrogen-bond acceptors (Lipinski definition) is 4. The maximum absolute atomic E-state index is 5.36. The summed E-state index contributed by atoms with van der Waals surface area (Å²) in [7, 11) is 0. The summed E-state index contributed by atoms with van der Waals surface area (Å²) in [5.41, 5.74) is 10.0. The highest BCUT2D eigenvalue weighted by Gasteiger charge is 2.20. The molecule has 4 heterocycles. The molecule has 0 saturated carbocycles. The fourth-order valence-corrected chi connectivity index (χ4v) is 10.0. The van der Waals surface area contributed by atoms with Gasteiger partial charge in [-0.25, -0.2) is 9.97 Å². The Morgan fingerprint density at radius 1 is 0.431 bits per heavy atom. The highest BCUT2D eigenvalue weighted by atomic mass is 32.1. The molecule has 0 radical (unpaired) electrons. The number of nitrogens with zero attached hydrogens (tertiary/aromatic N) is 3. The van der Waals surface area contributed by atoms with Crippen LogP contribution in [0.3, 0.4) is 0 Å². The molecule has 0 N–H and O–H groups in total. The number of fused-ring (bicyclic) bond motifs is 9. The molecule has 0 aliphatic heterocycles. The molecule has 0 atom stereocenters. The van der Waals surface area contributed by atoms with Gasteiger partial charge in [0.15, 0.2) is 5.82 Å². The minimum Gasteiger partial charge on any atom is -0.309 e. The minimum absolute atomic E-state index is 0.743. The van der Waals surface area contributed by atoms with Crippen molar-refractivity contribution in [2.75, 3.05) is 0 Å². The van der Waals surface area contributed by atoms with Crippen LogP contribution >= 0.6 is 22.7 Å². The van der Waals surface area contributed by atoms with Crippen molar-refractivity contribution in [1.29, 1.82) is 0 Å². The molecule has 4 aromatic heterocycles. The summed E-state index contributed by atoms with van der Waals surface area (Å²) in [6.45, 7) is 0. The van der Waals surface area contributed by atoms with E-state index in [1.165, 1.54) is 63.2 Å². The Morgan fingerprint density at radius 2 is 1.10 bits per heavy atom. The Bertz CT molecular complexity index is 3130. The van der Waals surface area contributed by atoms with Crippen LogP contribution < -0.4 is 0 Å². The van der Waals surface area contributed by atoms with E-state index < -0.39 is 0 Å². The first-order valence-corrected chi connectivity index (χ1v) is 18.7. The lowest BCUT2D eigenvalue weighted by Crippen LogP contribution is -1.94. The van der Waals surface area contributed by atoms with Crippen LogP contribution in [-0.4, -0.2) is 14.5 Å². The van der Waals surface area contributed by atoms with Gasteiger partial charge in [0.05, 0.1) is 26.9 Å². The van der Waals surface area contributed by atoms with E-state index in [1.807, 2.05) is 11.3 Å². The molecule has 51 heavy (non-hydrogen) atoms. The van der Waals surface area contributed by atoms with E-state index in [4.69, 9.17) is 9.97 Å². The Kier molecular flexibility index (Phi) is 6.29. The van der Waals surface area contributed by atoms with E-state index in [1.54, 1.807) is 11.3 Å². The molecule has 0 aliphatic carbocycles. The normalized spacial score (nSPS) is 11.9. The summed E-state index contributed by atoms with van der Waals surface area (Å²) in [5.74, 6) is 0.743. The summed E-state index contributed by atoms with van der Waals surface area (Å²) in [5, 5.41) is 6.19. The highest BCUT2D eigenvalue weighted by molar-refractivity contribution is 7.26. The van der Waals surface area contributed by atoms with Crippen molar-refractivity contribution in [2.24, 2.45) is 0 Å². The summed E-state index contributed by atoms with van der Waals surface area (Å²) in [6, 6.07) is 58.8. The Labute approximate surface area is 301 Å². The first-order chi connectivity index (χ1) is 25.3. The SMILES string of the molecule is c1ccc(-c2nc(-c3cc(-c4ccc5c(c4)c4ccccc4n5-c4ccccc4)c4c(c3)sc3ccccc34)nc3c2sc2ccccc23)cc1. The van der Waals surface area contributed by atoms with Gasteiger partial charge in [0, 0.05) is 57.8 Å². The van der Waals surface area contributed by atoms with Crippen molar-refractivity contribution in [3.8, 4) is 39.5 Å². The number of hydrogen-bond donors (Lipinski definition) is 0. The topological polar surface area (TPSA) is 30.7 Å². The lowest BCUT2D eigenvalue weighted by molar-refractivity contribution is 1.18. The predicted octanol–water partition coefficient (Wildman–Crippen LogP) is 13.3. The Morgan fingerprint density at radius 3 is 1.92 bits per heavy atom. The monoisotopic (exact) mass is 685 g/mol. The molecular formula is C46H27N3S2. The van der Waals surface area contributed by atoms with Gasteiger partial charge in [0.1, 0.15) is 0 Å². The van der Waals surface area contributed by atoms with Gasteiger partial charge in [0.2, 0.25) is 0 Å². The highest BCUT2D eigenvalue weighted by Crippen LogP contribution is 2.45. The molecule has 11 rings (SSSR count). The third-order valence-corrected chi connectivity index (χ3v) is 12.3. The lowest BCUT2D eigenvalue weighted by atomic mass is 9.95. The Balaban J connectivity index is 1.20. The summed E-state index contributed by atoms with van der Waals surface area (Å²) in [6.07, 6.45) is 0. The van der Waals surface area contributed by atoms with E-state index in [0.29, 0.717) is 0 Å². The maximum atomic E-state index is 5.36. The first-order valence-electron chi connectivity index (χ1n) is 17.1. The fourth-order valence-electron chi connectivity index (χ4n) is 7.72. The fraction of sp³-hybridized carbons (Fsp3) is 0. The van der Waals surface area contributed by atoms with Crippen molar-refractivity contribution >= 4 is 85.0 Å². The zero-order chi connectivity index (χ0) is 33.5. The second kappa shape index (κ2) is 11.2. The molecule has 238 valence electrons. The average molecular weight is 686 g/mol. The number of thiophene rings is 2. The molecule has 0 saturated heterocycles. The van der Waals surface area contributed by atoms with Crippen LogP contribution in [-0.2, 0) is 0 Å². The zero-order valence-electron chi connectivity index (χ0n) is 27.2. The second-order valence-electron chi connectivity index (χ2n) is 13.0. The third-order valence-electron chi connectivity index (χ3n) is 10.0. The molecule has 7 aromatic carbocycles. The third kappa shape index (κ3) is 4.42. The molecule has 5 heteroatoms. The van der Waals surface area contributed by atoms with Crippen LogP contribution in [0.4, 0.5) is 0 Å². The van der Waals surface area contributed by atoms with E-state index in [2.05, 4.69) is 168 Å². The van der Waals surface area contributed by atoms with Crippen LogP contribution in [0.5, 0.6) is 0 Å². The lowest BCUT2D eigenvalue weighted by Gasteiger charge is -2.12. The van der Waals surface area contributed by atoms with Crippen molar-refractivity contribution in [3.05, 3.63) is 164 Å². The molecule has 0 unspecified atom stereocenters. The predicted molar refractivity (Wildman–Crippen MR) is 218 cm³/mol. The Hall–Kier alpha value is -6.14. The second-order valence-corrected chi connectivity index (χ2v) is 15.1. The molecule has 0 spiro atoms. The van der Waals surface area contributed by atoms with Crippen molar-refractivity contribution < 1.29 is 0 Å². The van der Waals surface area contributed by atoms with Crippen LogP contribution in [0.2, 0.25) is 0 Å². The van der Waals surface area contributed by atoms with Gasteiger partial charge in [-0.15, -0.1) is 22.7 Å². The number of para-hydroxylation sites is 2. The summed E-state index contributed by atoms with van der Waals surface area (Å²) < 4.78 is 7.22. The number of rotatable bonds is 4. The van der Waals surface area contributed by atoms with Crippen LogP contribution in [0.15, 0.2) is 164 Å². The summed E-state index contributed by atoms with van der Waals surface area (Å²) >= 11 is 3.61.